The van der Waals surface area contributed by atoms with Crippen LogP contribution in [0.25, 0.3) is 0 Å². The molecule has 4 heteroatoms. The molecule has 0 saturated carbocycles. The van der Waals surface area contributed by atoms with Crippen molar-refractivity contribution in [2.45, 2.75) is 20.3 Å². The fraction of sp³-hybridized carbons (Fsp3) is 0.438. The zero-order chi connectivity index (χ0) is 14.8. The normalized spacial score (nSPS) is 10.8. The van der Waals surface area contributed by atoms with Gasteiger partial charge in [-0.25, -0.2) is 0 Å². The molecule has 0 unspecified atom stereocenters. The van der Waals surface area contributed by atoms with Crippen molar-refractivity contribution >= 4 is 5.96 Å². The van der Waals surface area contributed by atoms with Gasteiger partial charge in [-0.15, -0.1) is 6.42 Å². The highest BCUT2D eigenvalue weighted by molar-refractivity contribution is 5.79. The summed E-state index contributed by atoms with van der Waals surface area (Å²) in [5, 5.41) is 6.22. The van der Waals surface area contributed by atoms with Crippen LogP contribution < -0.4 is 15.4 Å². The van der Waals surface area contributed by atoms with Gasteiger partial charge in [0.25, 0.3) is 0 Å². The summed E-state index contributed by atoms with van der Waals surface area (Å²) in [6.07, 6.45) is 6.07. The van der Waals surface area contributed by atoms with Crippen LogP contribution in [-0.2, 0) is 6.42 Å². The van der Waals surface area contributed by atoms with Crippen molar-refractivity contribution in [3.05, 3.63) is 29.3 Å². The van der Waals surface area contributed by atoms with Gasteiger partial charge in [-0.2, -0.15) is 0 Å². The molecule has 0 aliphatic carbocycles. The molecule has 1 aromatic carbocycles. The van der Waals surface area contributed by atoms with Crippen molar-refractivity contribution < 1.29 is 4.74 Å². The number of ether oxygens (including phenoxy) is 1. The molecule has 4 nitrogen and oxygen atoms in total. The van der Waals surface area contributed by atoms with E-state index in [4.69, 9.17) is 11.2 Å². The molecular weight excluding hydrogens is 250 g/mol. The van der Waals surface area contributed by atoms with Crippen molar-refractivity contribution in [3.63, 3.8) is 0 Å². The molecule has 0 fully saturated rings. The Labute approximate surface area is 121 Å². The summed E-state index contributed by atoms with van der Waals surface area (Å²) in [5.74, 6) is 4.20. The van der Waals surface area contributed by atoms with Crippen LogP contribution >= 0.6 is 0 Å². The second-order valence-corrected chi connectivity index (χ2v) is 4.38. The molecule has 0 heterocycles. The number of benzene rings is 1. The molecule has 108 valence electrons. The smallest absolute Gasteiger partial charge is 0.192 e. The summed E-state index contributed by atoms with van der Waals surface area (Å²) in [5.41, 5.74) is 2.39. The molecule has 0 bridgehead atoms. The monoisotopic (exact) mass is 273 g/mol. The summed E-state index contributed by atoms with van der Waals surface area (Å²) in [7, 11) is 1.69. The minimum Gasteiger partial charge on any atom is -0.496 e. The molecule has 2 N–H and O–H groups in total. The van der Waals surface area contributed by atoms with Crippen molar-refractivity contribution in [2.24, 2.45) is 4.99 Å². The molecule has 0 saturated heterocycles. The summed E-state index contributed by atoms with van der Waals surface area (Å²) in [6, 6.07) is 6.18. The van der Waals surface area contributed by atoms with Crippen LogP contribution in [0.4, 0.5) is 0 Å². The van der Waals surface area contributed by atoms with Gasteiger partial charge < -0.3 is 15.4 Å². The van der Waals surface area contributed by atoms with Gasteiger partial charge in [-0.1, -0.05) is 23.6 Å². The lowest BCUT2D eigenvalue weighted by Crippen LogP contribution is -2.37. The second kappa shape index (κ2) is 8.87. The summed E-state index contributed by atoms with van der Waals surface area (Å²) in [6.45, 7) is 6.06. The third kappa shape index (κ3) is 5.23. The molecule has 20 heavy (non-hydrogen) atoms. The molecule has 0 aliphatic heterocycles. The third-order valence-corrected chi connectivity index (χ3v) is 2.79. The zero-order valence-electron chi connectivity index (χ0n) is 12.5. The number of hydrogen-bond acceptors (Lipinski definition) is 2. The van der Waals surface area contributed by atoms with Gasteiger partial charge in [0.2, 0.25) is 0 Å². The van der Waals surface area contributed by atoms with E-state index in [9.17, 15) is 0 Å². The number of hydrogen-bond donors (Lipinski definition) is 2. The maximum absolute atomic E-state index is 5.36. The van der Waals surface area contributed by atoms with E-state index in [1.54, 1.807) is 7.11 Å². The Kier molecular flexibility index (Phi) is 7.05. The summed E-state index contributed by atoms with van der Waals surface area (Å²) >= 11 is 0. The number of rotatable bonds is 6. The van der Waals surface area contributed by atoms with E-state index in [-0.39, 0.29) is 0 Å². The van der Waals surface area contributed by atoms with E-state index in [0.29, 0.717) is 13.1 Å². The van der Waals surface area contributed by atoms with E-state index in [0.717, 1.165) is 24.7 Å². The minimum absolute atomic E-state index is 0.472. The number of nitrogens with one attached hydrogen (secondary N) is 2. The number of aliphatic imine (C=N–C) groups is 1. The molecule has 1 rings (SSSR count). The number of aryl methyl sites for hydroxylation is 1. The Morgan fingerprint density at radius 2 is 2.20 bits per heavy atom. The first kappa shape index (κ1) is 15.9. The van der Waals surface area contributed by atoms with Gasteiger partial charge in [0.1, 0.15) is 5.75 Å². The molecule has 1 aromatic rings. The van der Waals surface area contributed by atoms with Crippen molar-refractivity contribution in [1.29, 1.82) is 0 Å². The van der Waals surface area contributed by atoms with Crippen LogP contribution in [0.2, 0.25) is 0 Å². The Morgan fingerprint density at radius 3 is 2.85 bits per heavy atom. The fourth-order valence-corrected chi connectivity index (χ4v) is 1.87. The first-order valence-electron chi connectivity index (χ1n) is 6.80. The maximum Gasteiger partial charge on any atom is 0.192 e. The largest absolute Gasteiger partial charge is 0.496 e. The van der Waals surface area contributed by atoms with Crippen LogP contribution in [0.5, 0.6) is 5.75 Å². The lowest BCUT2D eigenvalue weighted by atomic mass is 10.1. The Balaban J connectivity index is 2.65. The van der Waals surface area contributed by atoms with E-state index >= 15 is 0 Å². The standard InChI is InChI=1S/C16H23N3O/c1-5-10-18-16(17-6-2)19-11-9-14-12-13(3)7-8-15(14)20-4/h1,7-8,12H,6,9-11H2,2-4H3,(H2,17,18,19). The number of nitrogens with zero attached hydrogens (tertiary/aromatic N) is 1. The number of terminal acetylenes is 1. The van der Waals surface area contributed by atoms with Crippen LogP contribution in [0.3, 0.4) is 0 Å². The number of methoxy groups -OCH3 is 1. The lowest BCUT2D eigenvalue weighted by molar-refractivity contribution is 0.409. The zero-order valence-corrected chi connectivity index (χ0v) is 12.5. The lowest BCUT2D eigenvalue weighted by Gasteiger charge is -2.10. The van der Waals surface area contributed by atoms with Gasteiger partial charge >= 0.3 is 0 Å². The van der Waals surface area contributed by atoms with Crippen LogP contribution in [0.1, 0.15) is 18.1 Å². The Morgan fingerprint density at radius 1 is 1.40 bits per heavy atom. The van der Waals surface area contributed by atoms with Crippen molar-refractivity contribution in [2.75, 3.05) is 26.7 Å². The van der Waals surface area contributed by atoms with Gasteiger partial charge in [-0.05, 0) is 31.9 Å². The van der Waals surface area contributed by atoms with Crippen LogP contribution in [-0.4, -0.2) is 32.7 Å². The quantitative estimate of drug-likeness (QED) is 0.471. The van der Waals surface area contributed by atoms with Crippen molar-refractivity contribution in [1.82, 2.24) is 10.6 Å². The van der Waals surface area contributed by atoms with E-state index in [1.165, 1.54) is 11.1 Å². The van der Waals surface area contributed by atoms with E-state index < -0.39 is 0 Å². The first-order valence-corrected chi connectivity index (χ1v) is 6.80. The van der Waals surface area contributed by atoms with Gasteiger partial charge in [-0.3, -0.25) is 4.99 Å². The topological polar surface area (TPSA) is 45.7 Å². The highest BCUT2D eigenvalue weighted by atomic mass is 16.5. The molecule has 0 aromatic heterocycles. The van der Waals surface area contributed by atoms with Gasteiger partial charge in [0.15, 0.2) is 5.96 Å². The van der Waals surface area contributed by atoms with E-state index in [1.807, 2.05) is 19.1 Å². The second-order valence-electron chi connectivity index (χ2n) is 4.38. The summed E-state index contributed by atoms with van der Waals surface area (Å²) in [4.78, 5) is 4.49. The Bertz CT molecular complexity index is 489. The maximum atomic E-state index is 5.36. The third-order valence-electron chi connectivity index (χ3n) is 2.79. The Hall–Kier alpha value is -2.15. The van der Waals surface area contributed by atoms with Crippen LogP contribution in [0.15, 0.2) is 23.2 Å². The highest BCUT2D eigenvalue weighted by Gasteiger charge is 2.03. The molecule has 0 atom stereocenters. The SMILES string of the molecule is C#CCNC(=NCCc1cc(C)ccc1OC)NCC. The van der Waals surface area contributed by atoms with Crippen molar-refractivity contribution in [3.8, 4) is 18.1 Å². The van der Waals surface area contributed by atoms with Gasteiger partial charge in [0, 0.05) is 13.1 Å². The molecule has 0 aliphatic rings. The average molecular weight is 273 g/mol. The number of guanidine groups is 1. The molecule has 0 amide bonds. The molecular formula is C16H23N3O. The first-order chi connectivity index (χ1) is 9.71. The van der Waals surface area contributed by atoms with E-state index in [2.05, 4.69) is 34.5 Å². The predicted molar refractivity (Wildman–Crippen MR) is 84.2 cm³/mol. The summed E-state index contributed by atoms with van der Waals surface area (Å²) < 4.78 is 5.36. The van der Waals surface area contributed by atoms with Crippen LogP contribution in [0, 0.1) is 19.3 Å². The molecule has 0 spiro atoms. The average Bonchev–Trinajstić information content (AvgIpc) is 2.45. The predicted octanol–water partition coefficient (Wildman–Crippen LogP) is 1.73. The molecule has 0 radical (unpaired) electrons. The van der Waals surface area contributed by atoms with Gasteiger partial charge in [0.05, 0.1) is 13.7 Å². The highest BCUT2D eigenvalue weighted by Crippen LogP contribution is 2.19. The minimum atomic E-state index is 0.472. The fourth-order valence-electron chi connectivity index (χ4n) is 1.87.